The zero-order chi connectivity index (χ0) is 13.6. The molecular weight excluding hydrogens is 248 g/mol. The van der Waals surface area contributed by atoms with E-state index in [2.05, 4.69) is 23.9 Å². The van der Waals surface area contributed by atoms with Gasteiger partial charge in [0, 0.05) is 12.1 Å². The van der Waals surface area contributed by atoms with Gasteiger partial charge in [0.1, 0.15) is 0 Å². The highest BCUT2D eigenvalue weighted by molar-refractivity contribution is 7.89. The number of sulfonamides is 1. The average molecular weight is 276 g/mol. The number of piperidine rings is 1. The molecule has 1 saturated heterocycles. The van der Waals surface area contributed by atoms with E-state index in [-0.39, 0.29) is 17.8 Å². The molecule has 0 aromatic heterocycles. The van der Waals surface area contributed by atoms with E-state index in [1.54, 1.807) is 0 Å². The van der Waals surface area contributed by atoms with Crippen molar-refractivity contribution in [1.29, 1.82) is 0 Å². The molecule has 1 fully saturated rings. The molecule has 0 aromatic carbocycles. The summed E-state index contributed by atoms with van der Waals surface area (Å²) in [5.74, 6) is 0.649. The number of hydrogen-bond acceptors (Lipinski definition) is 3. The van der Waals surface area contributed by atoms with Gasteiger partial charge in [0.25, 0.3) is 0 Å². The van der Waals surface area contributed by atoms with E-state index in [9.17, 15) is 8.42 Å². The lowest BCUT2D eigenvalue weighted by Gasteiger charge is -2.26. The molecule has 108 valence electrons. The molecule has 0 amide bonds. The molecule has 0 aliphatic carbocycles. The zero-order valence-corrected chi connectivity index (χ0v) is 12.7. The molecule has 1 aliphatic rings. The Kier molecular flexibility index (Phi) is 6.60. The van der Waals surface area contributed by atoms with Gasteiger partial charge >= 0.3 is 0 Å². The van der Waals surface area contributed by atoms with Crippen molar-refractivity contribution in [2.75, 3.05) is 12.3 Å². The van der Waals surface area contributed by atoms with Crippen LogP contribution in [0.25, 0.3) is 0 Å². The summed E-state index contributed by atoms with van der Waals surface area (Å²) in [4.78, 5) is 0. The van der Waals surface area contributed by atoms with Crippen molar-refractivity contribution in [3.63, 3.8) is 0 Å². The molecule has 0 aromatic rings. The van der Waals surface area contributed by atoms with E-state index in [4.69, 9.17) is 0 Å². The van der Waals surface area contributed by atoms with Crippen LogP contribution in [0.5, 0.6) is 0 Å². The highest BCUT2D eigenvalue weighted by Crippen LogP contribution is 2.14. The summed E-state index contributed by atoms with van der Waals surface area (Å²) in [7, 11) is -3.16. The Morgan fingerprint density at radius 2 is 1.94 bits per heavy atom. The zero-order valence-electron chi connectivity index (χ0n) is 11.9. The van der Waals surface area contributed by atoms with E-state index in [0.29, 0.717) is 5.92 Å². The van der Waals surface area contributed by atoms with Crippen LogP contribution in [0.4, 0.5) is 0 Å². The van der Waals surface area contributed by atoms with Crippen molar-refractivity contribution in [3.05, 3.63) is 0 Å². The molecule has 2 N–H and O–H groups in total. The molecule has 1 aliphatic heterocycles. The van der Waals surface area contributed by atoms with Crippen molar-refractivity contribution < 1.29 is 8.42 Å². The molecule has 0 bridgehead atoms. The van der Waals surface area contributed by atoms with Crippen LogP contribution in [0.2, 0.25) is 0 Å². The summed E-state index contributed by atoms with van der Waals surface area (Å²) in [6, 6.07) is 0.166. The topological polar surface area (TPSA) is 58.2 Å². The van der Waals surface area contributed by atoms with Crippen molar-refractivity contribution in [3.8, 4) is 0 Å². The van der Waals surface area contributed by atoms with Gasteiger partial charge < -0.3 is 5.32 Å². The molecule has 18 heavy (non-hydrogen) atoms. The van der Waals surface area contributed by atoms with Crippen molar-refractivity contribution in [2.45, 2.75) is 65.0 Å². The van der Waals surface area contributed by atoms with Crippen molar-refractivity contribution >= 4 is 10.0 Å². The minimum atomic E-state index is -3.16. The third-order valence-electron chi connectivity index (χ3n) is 3.95. The number of rotatable bonds is 7. The van der Waals surface area contributed by atoms with E-state index < -0.39 is 10.0 Å². The molecular formula is C13H28N2O2S. The molecule has 1 heterocycles. The van der Waals surface area contributed by atoms with Crippen molar-refractivity contribution in [2.24, 2.45) is 5.92 Å². The van der Waals surface area contributed by atoms with Gasteiger partial charge in [0.2, 0.25) is 10.0 Å². The minimum Gasteiger partial charge on any atom is -0.313 e. The monoisotopic (exact) mass is 276 g/mol. The quantitative estimate of drug-likeness (QED) is 0.746. The first kappa shape index (κ1) is 15.9. The molecule has 2 atom stereocenters. The van der Waals surface area contributed by atoms with Gasteiger partial charge in [-0.3, -0.25) is 0 Å². The second-order valence-corrected chi connectivity index (χ2v) is 7.21. The highest BCUT2D eigenvalue weighted by Gasteiger charge is 2.24. The standard InChI is InChI=1S/C13H28N2O2S/c1-4-12(5-2)11(3)15-18(16,17)10-13-8-6-7-9-14-13/h11-15H,4-10H2,1-3H3. The van der Waals surface area contributed by atoms with Crippen molar-refractivity contribution in [1.82, 2.24) is 10.0 Å². The maximum atomic E-state index is 12.1. The van der Waals surface area contributed by atoms with Gasteiger partial charge in [-0.15, -0.1) is 0 Å². The SMILES string of the molecule is CCC(CC)C(C)NS(=O)(=O)CC1CCCCN1. The van der Waals surface area contributed by atoms with Crippen LogP contribution < -0.4 is 10.0 Å². The van der Waals surface area contributed by atoms with Crippen LogP contribution in [0, 0.1) is 5.92 Å². The maximum Gasteiger partial charge on any atom is 0.213 e. The molecule has 4 nitrogen and oxygen atoms in total. The second kappa shape index (κ2) is 7.46. The lowest BCUT2D eigenvalue weighted by Crippen LogP contribution is -2.46. The summed E-state index contributed by atoms with van der Waals surface area (Å²) >= 11 is 0. The Morgan fingerprint density at radius 1 is 1.28 bits per heavy atom. The van der Waals surface area contributed by atoms with Crippen LogP contribution in [-0.2, 0) is 10.0 Å². The fourth-order valence-corrected chi connectivity index (χ4v) is 4.42. The van der Waals surface area contributed by atoms with Crippen LogP contribution in [0.15, 0.2) is 0 Å². The maximum absolute atomic E-state index is 12.1. The summed E-state index contributed by atoms with van der Waals surface area (Å²) in [6.45, 7) is 7.15. The number of nitrogens with one attached hydrogen (secondary N) is 2. The first-order chi connectivity index (χ1) is 8.48. The normalized spacial score (nSPS) is 23.2. The fraction of sp³-hybridized carbons (Fsp3) is 1.00. The lowest BCUT2D eigenvalue weighted by molar-refractivity contribution is 0.385. The van der Waals surface area contributed by atoms with E-state index in [1.165, 1.54) is 0 Å². The predicted octanol–water partition coefficient (Wildman–Crippen LogP) is 1.87. The summed E-state index contributed by atoms with van der Waals surface area (Å²) in [5, 5.41) is 3.29. The number of hydrogen-bond donors (Lipinski definition) is 2. The van der Waals surface area contributed by atoms with Crippen LogP contribution in [-0.4, -0.2) is 32.8 Å². The molecule has 5 heteroatoms. The van der Waals surface area contributed by atoms with Crippen LogP contribution in [0.1, 0.15) is 52.9 Å². The highest BCUT2D eigenvalue weighted by atomic mass is 32.2. The molecule has 0 saturated carbocycles. The molecule has 1 rings (SSSR count). The Morgan fingerprint density at radius 3 is 2.44 bits per heavy atom. The fourth-order valence-electron chi connectivity index (χ4n) is 2.75. The van der Waals surface area contributed by atoms with Gasteiger partial charge in [-0.1, -0.05) is 33.1 Å². The Hall–Kier alpha value is -0.130. The van der Waals surface area contributed by atoms with Gasteiger partial charge in [-0.25, -0.2) is 13.1 Å². The largest absolute Gasteiger partial charge is 0.313 e. The molecule has 0 radical (unpaired) electrons. The van der Waals surface area contributed by atoms with Crippen LogP contribution >= 0.6 is 0 Å². The summed E-state index contributed by atoms with van der Waals surface area (Å²) in [5.41, 5.74) is 0. The first-order valence-corrected chi connectivity index (χ1v) is 8.87. The smallest absolute Gasteiger partial charge is 0.213 e. The van der Waals surface area contributed by atoms with Gasteiger partial charge in [0.05, 0.1) is 5.75 Å². The Bertz CT molecular complexity index is 320. The summed E-state index contributed by atoms with van der Waals surface area (Å²) < 4.78 is 27.0. The molecule has 2 unspecified atom stereocenters. The first-order valence-electron chi connectivity index (χ1n) is 7.21. The third-order valence-corrected chi connectivity index (χ3v) is 5.53. The van der Waals surface area contributed by atoms with Gasteiger partial charge in [0.15, 0.2) is 0 Å². The Labute approximate surface area is 112 Å². The van der Waals surface area contributed by atoms with E-state index in [0.717, 1.165) is 38.6 Å². The third kappa shape index (κ3) is 5.24. The summed E-state index contributed by atoms with van der Waals surface area (Å²) in [6.07, 6.45) is 5.30. The second-order valence-electron chi connectivity index (χ2n) is 5.41. The van der Waals surface area contributed by atoms with E-state index >= 15 is 0 Å². The minimum absolute atomic E-state index is 0.0357. The van der Waals surface area contributed by atoms with Gasteiger partial charge in [-0.2, -0.15) is 0 Å². The van der Waals surface area contributed by atoms with Gasteiger partial charge in [-0.05, 0) is 32.2 Å². The predicted molar refractivity (Wildman–Crippen MR) is 76.1 cm³/mol. The lowest BCUT2D eigenvalue weighted by atomic mass is 9.96. The van der Waals surface area contributed by atoms with Crippen LogP contribution in [0.3, 0.4) is 0 Å². The average Bonchev–Trinajstić information content (AvgIpc) is 2.30. The Balaban J connectivity index is 2.47. The van der Waals surface area contributed by atoms with E-state index in [1.807, 2.05) is 6.92 Å². The molecule has 0 spiro atoms.